The van der Waals surface area contributed by atoms with Crippen molar-refractivity contribution in [1.82, 2.24) is 19.9 Å². The number of halogens is 2. The summed E-state index contributed by atoms with van der Waals surface area (Å²) in [5.41, 5.74) is 2.44. The van der Waals surface area contributed by atoms with Crippen LogP contribution >= 0.6 is 23.2 Å². The van der Waals surface area contributed by atoms with E-state index in [0.717, 1.165) is 36.5 Å². The second-order valence-corrected chi connectivity index (χ2v) is 7.44. The van der Waals surface area contributed by atoms with Crippen LogP contribution in [0.15, 0.2) is 48.8 Å². The Labute approximate surface area is 174 Å². The van der Waals surface area contributed by atoms with Crippen LogP contribution in [0.3, 0.4) is 0 Å². The number of hydrogen-bond acceptors (Lipinski definition) is 6. The first-order valence-electron chi connectivity index (χ1n) is 8.91. The predicted octanol–water partition coefficient (Wildman–Crippen LogP) is 4.95. The van der Waals surface area contributed by atoms with Crippen molar-refractivity contribution in [3.63, 3.8) is 0 Å². The highest BCUT2D eigenvalue weighted by molar-refractivity contribution is 6.35. The Morgan fingerprint density at radius 2 is 1.82 bits per heavy atom. The van der Waals surface area contributed by atoms with E-state index in [2.05, 4.69) is 44.6 Å². The first-order valence-corrected chi connectivity index (χ1v) is 9.66. The van der Waals surface area contributed by atoms with Gasteiger partial charge in [-0.25, -0.2) is 4.98 Å². The molecule has 0 saturated heterocycles. The van der Waals surface area contributed by atoms with Gasteiger partial charge in [-0.3, -0.25) is 4.98 Å². The summed E-state index contributed by atoms with van der Waals surface area (Å²) in [5.74, 6) is 1.19. The third-order valence-corrected chi connectivity index (χ3v) is 4.32. The summed E-state index contributed by atoms with van der Waals surface area (Å²) in [6, 6.07) is 11.0. The Kier molecular flexibility index (Phi) is 7.03. The number of aromatic nitrogens is 3. The van der Waals surface area contributed by atoms with Crippen molar-refractivity contribution in [2.75, 3.05) is 37.8 Å². The standard InChI is InChI=1S/C20H22Cl2N6/c1-28(2)8-4-7-24-20-26-18(14-5-3-6-23-13-14)12-19(27-20)25-17-10-15(21)9-16(22)11-17/h3,5-6,9-13H,4,7-8H2,1-2H3,(H2,24,25,26,27). The minimum absolute atomic E-state index is 0.552. The molecule has 0 unspecified atom stereocenters. The van der Waals surface area contributed by atoms with Crippen molar-refractivity contribution in [2.45, 2.75) is 6.42 Å². The molecule has 0 radical (unpaired) electrons. The van der Waals surface area contributed by atoms with E-state index in [-0.39, 0.29) is 0 Å². The van der Waals surface area contributed by atoms with Gasteiger partial charge in [-0.1, -0.05) is 23.2 Å². The van der Waals surface area contributed by atoms with Crippen molar-refractivity contribution in [1.29, 1.82) is 0 Å². The van der Waals surface area contributed by atoms with Gasteiger partial charge >= 0.3 is 0 Å². The van der Waals surface area contributed by atoms with Crippen LogP contribution in [0.1, 0.15) is 6.42 Å². The number of anilines is 3. The van der Waals surface area contributed by atoms with E-state index in [0.29, 0.717) is 21.8 Å². The molecule has 0 aliphatic carbocycles. The molecule has 3 aromatic rings. The van der Waals surface area contributed by atoms with Gasteiger partial charge in [0.05, 0.1) is 5.69 Å². The van der Waals surface area contributed by atoms with Gasteiger partial charge < -0.3 is 15.5 Å². The van der Waals surface area contributed by atoms with Crippen molar-refractivity contribution in [3.8, 4) is 11.3 Å². The Hall–Kier alpha value is -2.41. The lowest BCUT2D eigenvalue weighted by Crippen LogP contribution is -2.17. The van der Waals surface area contributed by atoms with Gasteiger partial charge in [0.2, 0.25) is 5.95 Å². The molecule has 0 atom stereocenters. The van der Waals surface area contributed by atoms with E-state index in [9.17, 15) is 0 Å². The second-order valence-electron chi connectivity index (χ2n) is 6.57. The van der Waals surface area contributed by atoms with Crippen LogP contribution in [-0.2, 0) is 0 Å². The van der Waals surface area contributed by atoms with E-state index >= 15 is 0 Å². The van der Waals surface area contributed by atoms with Gasteiger partial charge in [0.25, 0.3) is 0 Å². The number of pyridine rings is 1. The minimum atomic E-state index is 0.552. The molecule has 28 heavy (non-hydrogen) atoms. The number of nitrogens with zero attached hydrogens (tertiary/aromatic N) is 4. The number of rotatable bonds is 8. The van der Waals surface area contributed by atoms with Crippen LogP contribution in [-0.4, -0.2) is 47.0 Å². The Balaban J connectivity index is 1.86. The Morgan fingerprint density at radius 3 is 2.50 bits per heavy atom. The normalized spacial score (nSPS) is 10.9. The zero-order valence-electron chi connectivity index (χ0n) is 15.8. The maximum absolute atomic E-state index is 6.10. The molecule has 146 valence electrons. The molecule has 2 heterocycles. The summed E-state index contributed by atoms with van der Waals surface area (Å²) >= 11 is 12.2. The van der Waals surface area contributed by atoms with Crippen molar-refractivity contribution < 1.29 is 0 Å². The van der Waals surface area contributed by atoms with Crippen LogP contribution in [0.4, 0.5) is 17.5 Å². The van der Waals surface area contributed by atoms with Gasteiger partial charge in [-0.05, 0) is 57.4 Å². The van der Waals surface area contributed by atoms with Crippen molar-refractivity contribution in [3.05, 3.63) is 58.8 Å². The lowest BCUT2D eigenvalue weighted by atomic mass is 10.2. The van der Waals surface area contributed by atoms with E-state index < -0.39 is 0 Å². The quantitative estimate of drug-likeness (QED) is 0.506. The van der Waals surface area contributed by atoms with Gasteiger partial charge in [-0.2, -0.15) is 4.98 Å². The fraction of sp³-hybridized carbons (Fsp3) is 0.250. The highest BCUT2D eigenvalue weighted by Crippen LogP contribution is 2.27. The molecule has 0 aliphatic rings. The summed E-state index contributed by atoms with van der Waals surface area (Å²) in [5, 5.41) is 7.66. The third-order valence-electron chi connectivity index (χ3n) is 3.88. The third kappa shape index (κ3) is 6.05. The topological polar surface area (TPSA) is 66.0 Å². The maximum atomic E-state index is 6.10. The highest BCUT2D eigenvalue weighted by atomic mass is 35.5. The van der Waals surface area contributed by atoms with Crippen LogP contribution in [0.2, 0.25) is 10.0 Å². The molecular formula is C20H22Cl2N6. The molecule has 2 aromatic heterocycles. The summed E-state index contributed by atoms with van der Waals surface area (Å²) in [4.78, 5) is 15.5. The molecule has 6 nitrogen and oxygen atoms in total. The van der Waals surface area contributed by atoms with Gasteiger partial charge in [0, 0.05) is 46.3 Å². The molecule has 0 aliphatic heterocycles. The molecule has 0 fully saturated rings. The van der Waals surface area contributed by atoms with Crippen LogP contribution < -0.4 is 10.6 Å². The minimum Gasteiger partial charge on any atom is -0.354 e. The zero-order valence-corrected chi connectivity index (χ0v) is 17.3. The molecule has 3 rings (SSSR count). The molecule has 8 heteroatoms. The van der Waals surface area contributed by atoms with E-state index in [4.69, 9.17) is 23.2 Å². The Bertz CT molecular complexity index is 898. The number of nitrogens with one attached hydrogen (secondary N) is 2. The maximum Gasteiger partial charge on any atom is 0.225 e. The van der Waals surface area contributed by atoms with E-state index in [1.807, 2.05) is 18.2 Å². The van der Waals surface area contributed by atoms with E-state index in [1.54, 1.807) is 30.6 Å². The first kappa shape index (κ1) is 20.3. The van der Waals surface area contributed by atoms with Gasteiger partial charge in [0.1, 0.15) is 5.82 Å². The predicted molar refractivity (Wildman–Crippen MR) is 117 cm³/mol. The molecular weight excluding hydrogens is 395 g/mol. The second kappa shape index (κ2) is 9.68. The van der Waals surface area contributed by atoms with Crippen molar-refractivity contribution >= 4 is 40.7 Å². The molecule has 0 amide bonds. The fourth-order valence-corrected chi connectivity index (χ4v) is 3.15. The first-order chi connectivity index (χ1) is 13.5. The molecule has 0 saturated carbocycles. The fourth-order valence-electron chi connectivity index (χ4n) is 2.62. The molecule has 1 aromatic carbocycles. The number of benzene rings is 1. The van der Waals surface area contributed by atoms with Gasteiger partial charge in [-0.15, -0.1) is 0 Å². The average Bonchev–Trinajstić information content (AvgIpc) is 2.65. The number of hydrogen-bond donors (Lipinski definition) is 2. The lowest BCUT2D eigenvalue weighted by Gasteiger charge is -2.13. The largest absolute Gasteiger partial charge is 0.354 e. The molecule has 0 bridgehead atoms. The summed E-state index contributed by atoms with van der Waals surface area (Å²) < 4.78 is 0. The summed E-state index contributed by atoms with van der Waals surface area (Å²) in [6.07, 6.45) is 4.50. The summed E-state index contributed by atoms with van der Waals surface area (Å²) in [7, 11) is 4.11. The van der Waals surface area contributed by atoms with E-state index in [1.165, 1.54) is 0 Å². The van der Waals surface area contributed by atoms with Crippen LogP contribution in [0.25, 0.3) is 11.3 Å². The molecule has 2 N–H and O–H groups in total. The van der Waals surface area contributed by atoms with Crippen LogP contribution in [0, 0.1) is 0 Å². The van der Waals surface area contributed by atoms with Crippen LogP contribution in [0.5, 0.6) is 0 Å². The monoisotopic (exact) mass is 416 g/mol. The van der Waals surface area contributed by atoms with Gasteiger partial charge in [0.15, 0.2) is 0 Å². The SMILES string of the molecule is CN(C)CCCNc1nc(Nc2cc(Cl)cc(Cl)c2)cc(-c2cccnc2)n1. The lowest BCUT2D eigenvalue weighted by molar-refractivity contribution is 0.405. The Morgan fingerprint density at radius 1 is 1.04 bits per heavy atom. The average molecular weight is 417 g/mol. The smallest absolute Gasteiger partial charge is 0.225 e. The molecule has 0 spiro atoms. The highest BCUT2D eigenvalue weighted by Gasteiger charge is 2.08. The summed E-state index contributed by atoms with van der Waals surface area (Å²) in [6.45, 7) is 1.76. The van der Waals surface area contributed by atoms with Crippen molar-refractivity contribution in [2.24, 2.45) is 0 Å². The zero-order chi connectivity index (χ0) is 19.9.